The Balaban J connectivity index is 1.75. The first kappa shape index (κ1) is 19.4. The van der Waals surface area contributed by atoms with Crippen molar-refractivity contribution in [1.29, 1.82) is 0 Å². The molecule has 1 spiro atoms. The molecule has 2 aromatic rings. The Hall–Kier alpha value is -1.88. The summed E-state index contributed by atoms with van der Waals surface area (Å²) in [5.74, 6) is 1.21. The summed E-state index contributed by atoms with van der Waals surface area (Å²) < 4.78 is 5.44. The van der Waals surface area contributed by atoms with Crippen molar-refractivity contribution in [3.8, 4) is 0 Å². The van der Waals surface area contributed by atoms with Crippen molar-refractivity contribution in [1.82, 2.24) is 5.32 Å². The van der Waals surface area contributed by atoms with Crippen LogP contribution < -0.4 is 10.2 Å². The molecule has 28 heavy (non-hydrogen) atoms. The van der Waals surface area contributed by atoms with Gasteiger partial charge in [0.2, 0.25) is 0 Å². The number of para-hydroxylation sites is 1. The average Bonchev–Trinajstić information content (AvgIpc) is 2.71. The fourth-order valence-corrected chi connectivity index (χ4v) is 4.75. The molecule has 0 radical (unpaired) electrons. The van der Waals surface area contributed by atoms with Crippen LogP contribution in [0, 0.1) is 5.41 Å². The van der Waals surface area contributed by atoms with Gasteiger partial charge in [-0.2, -0.15) is 0 Å². The zero-order valence-corrected chi connectivity index (χ0v) is 17.2. The Kier molecular flexibility index (Phi) is 6.00. The maximum Gasteiger partial charge on any atom is 0.110 e. The number of aliphatic imine (C=N–C) groups is 1. The molecule has 2 aliphatic heterocycles. The second kappa shape index (κ2) is 8.64. The van der Waals surface area contributed by atoms with E-state index in [0.29, 0.717) is 13.2 Å². The van der Waals surface area contributed by atoms with Crippen LogP contribution in [0.4, 0.5) is 5.69 Å². The van der Waals surface area contributed by atoms with E-state index < -0.39 is 0 Å². The van der Waals surface area contributed by atoms with E-state index in [9.17, 15) is 0 Å². The zero-order chi connectivity index (χ0) is 19.4. The van der Waals surface area contributed by atoms with Gasteiger partial charge in [0.15, 0.2) is 0 Å². The summed E-state index contributed by atoms with van der Waals surface area (Å²) in [7, 11) is 1.76. The SMILES string of the molecule is COCCN1C(=NCc2cccc(Cl)c2)C2(CCNCC2)Cc2ccccc21. The Morgan fingerprint density at radius 1 is 1.14 bits per heavy atom. The van der Waals surface area contributed by atoms with Gasteiger partial charge in [-0.05, 0) is 61.7 Å². The number of nitrogens with one attached hydrogen (secondary N) is 1. The summed E-state index contributed by atoms with van der Waals surface area (Å²) >= 11 is 6.19. The van der Waals surface area contributed by atoms with Gasteiger partial charge >= 0.3 is 0 Å². The Labute approximate surface area is 172 Å². The van der Waals surface area contributed by atoms with Gasteiger partial charge in [-0.25, -0.2) is 0 Å². The van der Waals surface area contributed by atoms with Gasteiger partial charge in [0, 0.05) is 29.8 Å². The molecule has 0 amide bonds. The van der Waals surface area contributed by atoms with Gasteiger partial charge in [-0.15, -0.1) is 0 Å². The summed E-state index contributed by atoms with van der Waals surface area (Å²) in [5.41, 5.74) is 3.93. The summed E-state index contributed by atoms with van der Waals surface area (Å²) in [6, 6.07) is 16.8. The number of anilines is 1. The van der Waals surface area contributed by atoms with E-state index in [1.54, 1.807) is 7.11 Å². The van der Waals surface area contributed by atoms with Crippen LogP contribution >= 0.6 is 11.6 Å². The van der Waals surface area contributed by atoms with Crippen molar-refractivity contribution in [2.45, 2.75) is 25.8 Å². The highest BCUT2D eigenvalue weighted by Crippen LogP contribution is 2.43. The number of nitrogens with zero attached hydrogens (tertiary/aromatic N) is 2. The van der Waals surface area contributed by atoms with Crippen molar-refractivity contribution >= 4 is 23.1 Å². The lowest BCUT2D eigenvalue weighted by Crippen LogP contribution is -2.54. The summed E-state index contributed by atoms with van der Waals surface area (Å²) in [6.07, 6.45) is 3.28. The first-order valence-corrected chi connectivity index (χ1v) is 10.4. The van der Waals surface area contributed by atoms with Gasteiger partial charge in [0.1, 0.15) is 5.84 Å². The molecule has 2 aliphatic rings. The van der Waals surface area contributed by atoms with E-state index in [0.717, 1.165) is 49.5 Å². The second-order valence-electron chi connectivity index (χ2n) is 7.75. The van der Waals surface area contributed by atoms with Crippen LogP contribution in [0.2, 0.25) is 5.02 Å². The highest BCUT2D eigenvalue weighted by molar-refractivity contribution is 6.30. The van der Waals surface area contributed by atoms with E-state index >= 15 is 0 Å². The molecule has 1 fully saturated rings. The van der Waals surface area contributed by atoms with Crippen LogP contribution in [0.15, 0.2) is 53.5 Å². The van der Waals surface area contributed by atoms with Gasteiger partial charge in [-0.3, -0.25) is 4.99 Å². The smallest absolute Gasteiger partial charge is 0.110 e. The van der Waals surface area contributed by atoms with E-state index in [-0.39, 0.29) is 5.41 Å². The molecule has 4 rings (SSSR count). The van der Waals surface area contributed by atoms with Crippen LogP contribution in [0.3, 0.4) is 0 Å². The predicted molar refractivity (Wildman–Crippen MR) is 116 cm³/mol. The maximum atomic E-state index is 6.19. The minimum atomic E-state index is 0.0892. The Bertz CT molecular complexity index is 845. The number of halogens is 1. The molecular formula is C23H28ClN3O. The van der Waals surface area contributed by atoms with E-state index in [1.807, 2.05) is 18.2 Å². The number of rotatable bonds is 5. The molecule has 0 saturated carbocycles. The summed E-state index contributed by atoms with van der Waals surface area (Å²) in [6.45, 7) is 4.22. The van der Waals surface area contributed by atoms with Crippen molar-refractivity contribution in [3.05, 3.63) is 64.7 Å². The molecule has 2 aromatic carbocycles. The summed E-state index contributed by atoms with van der Waals surface area (Å²) in [4.78, 5) is 7.61. The molecule has 0 bridgehead atoms. The predicted octanol–water partition coefficient (Wildman–Crippen LogP) is 4.32. The number of ether oxygens (including phenoxy) is 1. The number of amidine groups is 1. The molecule has 148 valence electrons. The average molecular weight is 398 g/mol. The third kappa shape index (κ3) is 3.95. The molecule has 1 N–H and O–H groups in total. The first-order valence-electron chi connectivity index (χ1n) is 10.1. The molecule has 0 atom stereocenters. The highest BCUT2D eigenvalue weighted by Gasteiger charge is 2.44. The minimum absolute atomic E-state index is 0.0892. The quantitative estimate of drug-likeness (QED) is 0.816. The molecular weight excluding hydrogens is 370 g/mol. The molecule has 1 saturated heterocycles. The Morgan fingerprint density at radius 2 is 1.96 bits per heavy atom. The zero-order valence-electron chi connectivity index (χ0n) is 16.5. The molecule has 0 aliphatic carbocycles. The van der Waals surface area contributed by atoms with E-state index in [1.165, 1.54) is 17.1 Å². The van der Waals surface area contributed by atoms with Crippen LogP contribution in [0.25, 0.3) is 0 Å². The third-order valence-electron chi connectivity index (χ3n) is 5.92. The lowest BCUT2D eigenvalue weighted by molar-refractivity contribution is 0.205. The first-order chi connectivity index (χ1) is 13.7. The number of piperidine rings is 1. The molecule has 0 aromatic heterocycles. The molecule has 2 heterocycles. The standard InChI is InChI=1S/C23H28ClN3O/c1-28-14-13-27-21-8-3-2-6-19(21)16-23(9-11-25-12-10-23)22(27)26-17-18-5-4-7-20(24)15-18/h2-8,15,25H,9-14,16-17H2,1H3. The van der Waals surface area contributed by atoms with Gasteiger partial charge in [-0.1, -0.05) is 41.9 Å². The van der Waals surface area contributed by atoms with Crippen LogP contribution in [0.5, 0.6) is 0 Å². The number of fused-ring (bicyclic) bond motifs is 1. The molecule has 5 heteroatoms. The number of benzene rings is 2. The number of hydrogen-bond donors (Lipinski definition) is 1. The second-order valence-corrected chi connectivity index (χ2v) is 8.19. The van der Waals surface area contributed by atoms with E-state index in [4.69, 9.17) is 21.3 Å². The number of hydrogen-bond acceptors (Lipinski definition) is 3. The highest BCUT2D eigenvalue weighted by atomic mass is 35.5. The lowest BCUT2D eigenvalue weighted by atomic mass is 9.70. The number of methoxy groups -OCH3 is 1. The van der Waals surface area contributed by atoms with Crippen molar-refractivity contribution in [2.75, 3.05) is 38.3 Å². The van der Waals surface area contributed by atoms with Crippen molar-refractivity contribution < 1.29 is 4.74 Å². The van der Waals surface area contributed by atoms with Crippen LogP contribution in [-0.4, -0.2) is 39.2 Å². The maximum absolute atomic E-state index is 6.19. The molecule has 0 unspecified atom stereocenters. The van der Waals surface area contributed by atoms with E-state index in [2.05, 4.69) is 40.5 Å². The fourth-order valence-electron chi connectivity index (χ4n) is 4.54. The van der Waals surface area contributed by atoms with Crippen molar-refractivity contribution in [2.24, 2.45) is 10.4 Å². The molecule has 4 nitrogen and oxygen atoms in total. The van der Waals surface area contributed by atoms with Gasteiger partial charge < -0.3 is 15.0 Å². The Morgan fingerprint density at radius 3 is 2.75 bits per heavy atom. The van der Waals surface area contributed by atoms with Crippen LogP contribution in [-0.2, 0) is 17.7 Å². The normalized spacial score (nSPS) is 19.8. The lowest BCUT2D eigenvalue weighted by Gasteiger charge is -2.48. The summed E-state index contributed by atoms with van der Waals surface area (Å²) in [5, 5.41) is 4.29. The third-order valence-corrected chi connectivity index (χ3v) is 6.16. The monoisotopic (exact) mass is 397 g/mol. The van der Waals surface area contributed by atoms with Gasteiger partial charge in [0.25, 0.3) is 0 Å². The van der Waals surface area contributed by atoms with Crippen molar-refractivity contribution in [3.63, 3.8) is 0 Å². The van der Waals surface area contributed by atoms with Crippen LogP contribution in [0.1, 0.15) is 24.0 Å². The fraction of sp³-hybridized carbons (Fsp3) is 0.435. The largest absolute Gasteiger partial charge is 0.383 e. The minimum Gasteiger partial charge on any atom is -0.383 e. The van der Waals surface area contributed by atoms with Gasteiger partial charge in [0.05, 0.1) is 13.2 Å². The topological polar surface area (TPSA) is 36.9 Å².